The van der Waals surface area contributed by atoms with E-state index < -0.39 is 17.6 Å². The van der Waals surface area contributed by atoms with Crippen LogP contribution in [-0.2, 0) is 4.79 Å². The van der Waals surface area contributed by atoms with Gasteiger partial charge in [0, 0.05) is 11.1 Å². The number of nitrogens with zero attached hydrogens (tertiary/aromatic N) is 1. The number of anilines is 1. The van der Waals surface area contributed by atoms with Crippen molar-refractivity contribution in [1.29, 1.82) is 0 Å². The largest absolute Gasteiger partial charge is 0.383 e. The topological polar surface area (TPSA) is 92.4 Å². The molecule has 1 amide bonds. The van der Waals surface area contributed by atoms with E-state index in [1.54, 1.807) is 25.1 Å². The molecule has 0 aliphatic rings. The number of aromatic nitrogens is 1. The van der Waals surface area contributed by atoms with Gasteiger partial charge in [-0.15, -0.1) is 0 Å². The SMILES string of the molecule is Cc1noc(=O)c2ccc(NC(=O)C(O)CC(C)C)cc12. The highest BCUT2D eigenvalue weighted by Crippen LogP contribution is 2.19. The second-order valence-corrected chi connectivity index (χ2v) is 5.45. The third-order valence-electron chi connectivity index (χ3n) is 3.16. The van der Waals surface area contributed by atoms with Gasteiger partial charge in [0.15, 0.2) is 0 Å². The molecule has 0 aliphatic heterocycles. The van der Waals surface area contributed by atoms with E-state index in [-0.39, 0.29) is 5.92 Å². The van der Waals surface area contributed by atoms with Crippen LogP contribution in [0.25, 0.3) is 10.8 Å². The Bertz CT molecular complexity index is 721. The van der Waals surface area contributed by atoms with E-state index in [9.17, 15) is 14.7 Å². The second-order valence-electron chi connectivity index (χ2n) is 5.45. The molecule has 2 N–H and O–H groups in total. The van der Waals surface area contributed by atoms with Crippen LogP contribution in [0.3, 0.4) is 0 Å². The zero-order chi connectivity index (χ0) is 15.6. The van der Waals surface area contributed by atoms with Gasteiger partial charge in [0.25, 0.3) is 5.91 Å². The minimum atomic E-state index is -1.05. The first-order valence-corrected chi connectivity index (χ1v) is 6.77. The van der Waals surface area contributed by atoms with Crippen molar-refractivity contribution in [2.45, 2.75) is 33.3 Å². The quantitative estimate of drug-likeness (QED) is 0.896. The van der Waals surface area contributed by atoms with Gasteiger partial charge in [0.2, 0.25) is 0 Å². The molecule has 2 rings (SSSR count). The minimum Gasteiger partial charge on any atom is -0.383 e. The van der Waals surface area contributed by atoms with E-state index in [4.69, 9.17) is 0 Å². The number of carbonyl (C=O) groups excluding carboxylic acids is 1. The van der Waals surface area contributed by atoms with E-state index >= 15 is 0 Å². The number of hydrogen-bond donors (Lipinski definition) is 2. The normalized spacial score (nSPS) is 12.6. The number of fused-ring (bicyclic) bond motifs is 1. The summed E-state index contributed by atoms with van der Waals surface area (Å²) in [6.07, 6.45) is -0.662. The number of carbonyl (C=O) groups is 1. The molecular weight excluding hydrogens is 272 g/mol. The fraction of sp³-hybridized carbons (Fsp3) is 0.400. The number of aryl methyl sites for hydroxylation is 1. The second kappa shape index (κ2) is 6.05. The number of aliphatic hydroxyl groups excluding tert-OH is 1. The Labute approximate surface area is 121 Å². The molecule has 1 atom stereocenters. The number of nitrogens with one attached hydrogen (secondary N) is 1. The van der Waals surface area contributed by atoms with Gasteiger partial charge in [-0.2, -0.15) is 0 Å². The Morgan fingerprint density at radius 1 is 1.38 bits per heavy atom. The lowest BCUT2D eigenvalue weighted by atomic mass is 10.1. The number of amides is 1. The predicted molar refractivity (Wildman–Crippen MR) is 79.1 cm³/mol. The van der Waals surface area contributed by atoms with Crippen molar-refractivity contribution in [3.8, 4) is 0 Å². The molecule has 0 radical (unpaired) electrons. The molecule has 0 spiro atoms. The molecule has 0 saturated heterocycles. The van der Waals surface area contributed by atoms with Gasteiger partial charge >= 0.3 is 5.63 Å². The lowest BCUT2D eigenvalue weighted by molar-refractivity contribution is -0.124. The maximum Gasteiger partial charge on any atom is 0.366 e. The summed E-state index contributed by atoms with van der Waals surface area (Å²) in [7, 11) is 0. The van der Waals surface area contributed by atoms with Crippen molar-refractivity contribution in [2.24, 2.45) is 5.92 Å². The molecule has 1 aromatic heterocycles. The molecule has 1 heterocycles. The average molecular weight is 290 g/mol. The fourth-order valence-electron chi connectivity index (χ4n) is 2.09. The van der Waals surface area contributed by atoms with Crippen LogP contribution in [0.5, 0.6) is 0 Å². The highest BCUT2D eigenvalue weighted by Gasteiger charge is 2.17. The zero-order valence-electron chi connectivity index (χ0n) is 12.2. The summed E-state index contributed by atoms with van der Waals surface area (Å²) >= 11 is 0. The van der Waals surface area contributed by atoms with Crippen molar-refractivity contribution in [1.82, 2.24) is 5.16 Å². The standard InChI is InChI=1S/C15H18N2O4/c1-8(2)6-13(18)14(19)16-10-4-5-11-12(7-10)9(3)17-21-15(11)20/h4-5,7-8,13,18H,6H2,1-3H3,(H,16,19). The van der Waals surface area contributed by atoms with Crippen molar-refractivity contribution in [3.63, 3.8) is 0 Å². The predicted octanol–water partition coefficient (Wildman–Crippen LogP) is 1.84. The molecule has 2 aromatic rings. The smallest absolute Gasteiger partial charge is 0.366 e. The van der Waals surface area contributed by atoms with Crippen LogP contribution in [0, 0.1) is 12.8 Å². The van der Waals surface area contributed by atoms with Crippen molar-refractivity contribution in [2.75, 3.05) is 5.32 Å². The van der Waals surface area contributed by atoms with Crippen LogP contribution in [0.4, 0.5) is 5.69 Å². The summed E-state index contributed by atoms with van der Waals surface area (Å²) in [5.41, 5.74) is 0.544. The number of rotatable bonds is 4. The lowest BCUT2D eigenvalue weighted by Crippen LogP contribution is -2.28. The highest BCUT2D eigenvalue weighted by atomic mass is 16.5. The Balaban J connectivity index is 2.26. The van der Waals surface area contributed by atoms with Crippen molar-refractivity contribution in [3.05, 3.63) is 34.3 Å². The Kier molecular flexibility index (Phi) is 4.37. The molecule has 1 unspecified atom stereocenters. The third kappa shape index (κ3) is 3.46. The summed E-state index contributed by atoms with van der Waals surface area (Å²) in [4.78, 5) is 23.4. The molecule has 112 valence electrons. The molecule has 6 heteroatoms. The van der Waals surface area contributed by atoms with Gasteiger partial charge in [0.1, 0.15) is 6.10 Å². The lowest BCUT2D eigenvalue weighted by Gasteiger charge is -2.13. The fourth-order valence-corrected chi connectivity index (χ4v) is 2.09. The molecule has 0 saturated carbocycles. The van der Waals surface area contributed by atoms with Gasteiger partial charge in [-0.1, -0.05) is 19.0 Å². The van der Waals surface area contributed by atoms with Crippen LogP contribution in [0.2, 0.25) is 0 Å². The minimum absolute atomic E-state index is 0.221. The summed E-state index contributed by atoms with van der Waals surface area (Å²) in [6.45, 7) is 5.58. The molecule has 1 aromatic carbocycles. The van der Waals surface area contributed by atoms with Gasteiger partial charge in [-0.3, -0.25) is 4.79 Å². The average Bonchev–Trinajstić information content (AvgIpc) is 2.42. The number of aliphatic hydroxyl groups is 1. The van der Waals surface area contributed by atoms with Crippen LogP contribution in [0.15, 0.2) is 27.5 Å². The van der Waals surface area contributed by atoms with Crippen LogP contribution < -0.4 is 10.9 Å². The van der Waals surface area contributed by atoms with Crippen LogP contribution in [-0.4, -0.2) is 22.3 Å². The Morgan fingerprint density at radius 2 is 2.10 bits per heavy atom. The van der Waals surface area contributed by atoms with E-state index in [0.29, 0.717) is 28.6 Å². The summed E-state index contributed by atoms with van der Waals surface area (Å²) in [5, 5.41) is 17.1. The molecule has 0 aliphatic carbocycles. The van der Waals surface area contributed by atoms with Crippen LogP contribution in [0.1, 0.15) is 26.0 Å². The third-order valence-corrected chi connectivity index (χ3v) is 3.16. The van der Waals surface area contributed by atoms with E-state index in [2.05, 4.69) is 15.0 Å². The zero-order valence-corrected chi connectivity index (χ0v) is 12.2. The van der Waals surface area contributed by atoms with Crippen molar-refractivity contribution >= 4 is 22.4 Å². The molecule has 21 heavy (non-hydrogen) atoms. The number of hydrogen-bond acceptors (Lipinski definition) is 5. The van der Waals surface area contributed by atoms with Gasteiger partial charge in [-0.25, -0.2) is 4.79 Å². The number of benzene rings is 1. The summed E-state index contributed by atoms with van der Waals surface area (Å²) < 4.78 is 4.64. The maximum absolute atomic E-state index is 11.9. The first-order valence-electron chi connectivity index (χ1n) is 6.77. The molecule has 0 bridgehead atoms. The first kappa shape index (κ1) is 15.2. The van der Waals surface area contributed by atoms with E-state index in [1.807, 2.05) is 13.8 Å². The van der Waals surface area contributed by atoms with E-state index in [1.165, 1.54) is 0 Å². The molecule has 0 fully saturated rings. The Hall–Kier alpha value is -2.21. The summed E-state index contributed by atoms with van der Waals surface area (Å²) in [5.74, 6) is -0.241. The van der Waals surface area contributed by atoms with Gasteiger partial charge in [-0.05, 0) is 37.5 Å². The monoisotopic (exact) mass is 290 g/mol. The Morgan fingerprint density at radius 3 is 2.76 bits per heavy atom. The molecule has 6 nitrogen and oxygen atoms in total. The van der Waals surface area contributed by atoms with Gasteiger partial charge in [0.05, 0.1) is 11.1 Å². The summed E-state index contributed by atoms with van der Waals surface area (Å²) in [6, 6.07) is 4.81. The van der Waals surface area contributed by atoms with Crippen LogP contribution >= 0.6 is 0 Å². The first-order chi connectivity index (χ1) is 9.88. The van der Waals surface area contributed by atoms with Gasteiger partial charge < -0.3 is 14.9 Å². The van der Waals surface area contributed by atoms with Crippen molar-refractivity contribution < 1.29 is 14.4 Å². The highest BCUT2D eigenvalue weighted by molar-refractivity contribution is 5.96. The van der Waals surface area contributed by atoms with E-state index in [0.717, 1.165) is 0 Å². The molecular formula is C15H18N2O4. The maximum atomic E-state index is 11.9.